The van der Waals surface area contributed by atoms with Gasteiger partial charge in [0.2, 0.25) is 0 Å². The van der Waals surface area contributed by atoms with Crippen molar-refractivity contribution in [2.45, 2.75) is 6.92 Å². The van der Waals surface area contributed by atoms with Crippen molar-refractivity contribution >= 4 is 26.7 Å². The van der Waals surface area contributed by atoms with Gasteiger partial charge >= 0.3 is 0 Å². The Bertz CT molecular complexity index is 64.0. The molecule has 0 aromatic rings. The van der Waals surface area contributed by atoms with Gasteiger partial charge in [-0.2, -0.15) is 0 Å². The number of hydrogen-bond donors (Lipinski definition) is 1. The molecule has 0 saturated carbocycles. The van der Waals surface area contributed by atoms with Crippen molar-refractivity contribution in [3.05, 3.63) is 0 Å². The van der Waals surface area contributed by atoms with Gasteiger partial charge in [0, 0.05) is 6.92 Å². The molecule has 0 aromatic carbocycles. The molecule has 7 heavy (non-hydrogen) atoms. The van der Waals surface area contributed by atoms with Crippen LogP contribution in [0.15, 0.2) is 0 Å². The fourth-order valence-electron chi connectivity index (χ4n) is 0.109. The summed E-state index contributed by atoms with van der Waals surface area (Å²) in [6, 6.07) is 0. The largest absolute Gasteiger partial charge is 0.385 e. The van der Waals surface area contributed by atoms with Crippen LogP contribution in [0.5, 0.6) is 0 Å². The van der Waals surface area contributed by atoms with E-state index < -0.39 is 0 Å². The van der Waals surface area contributed by atoms with Crippen LogP contribution in [-0.2, 0) is 4.79 Å². The predicted octanol–water partition coefficient (Wildman–Crippen LogP) is 0.864. The topological polar surface area (TPSA) is 37.3 Å². The van der Waals surface area contributed by atoms with E-state index in [0.717, 1.165) is 21.6 Å². The van der Waals surface area contributed by atoms with Crippen LogP contribution in [0.2, 0.25) is 0 Å². The minimum atomic E-state index is 0.00421. The molecule has 1 N–H and O–H groups in total. The summed E-state index contributed by atoms with van der Waals surface area (Å²) in [7, 11) is 2.20. The van der Waals surface area contributed by atoms with Gasteiger partial charge in [-0.15, -0.1) is 0 Å². The quantitative estimate of drug-likeness (QED) is 0.453. The molecule has 0 heterocycles. The second-order valence-corrected chi connectivity index (χ2v) is 3.26. The van der Waals surface area contributed by atoms with Crippen molar-refractivity contribution in [2.24, 2.45) is 0 Å². The molecule has 4 heteroatoms. The summed E-state index contributed by atoms with van der Waals surface area (Å²) >= 11 is 0. The fraction of sp³-hybridized carbons (Fsp3) is 0.667. The van der Waals surface area contributed by atoms with E-state index >= 15 is 0 Å². The van der Waals surface area contributed by atoms with Gasteiger partial charge in [0.15, 0.2) is 5.12 Å². The van der Waals surface area contributed by atoms with Crippen molar-refractivity contribution in [1.29, 1.82) is 0 Å². The van der Waals surface area contributed by atoms with Crippen molar-refractivity contribution in [3.63, 3.8) is 0 Å². The maximum absolute atomic E-state index is 10.0. The zero-order valence-electron chi connectivity index (χ0n) is 3.88. The minimum absolute atomic E-state index is 0.00421. The molecule has 0 aliphatic rings. The first-order valence-electron chi connectivity index (χ1n) is 1.68. The summed E-state index contributed by atoms with van der Waals surface area (Å²) < 4.78 is 0. The van der Waals surface area contributed by atoms with Gasteiger partial charge in [0.1, 0.15) is 0 Å². The summed E-state index contributed by atoms with van der Waals surface area (Å²) in [6.07, 6.45) is 0. The molecule has 0 rings (SSSR count). The third-order valence-corrected chi connectivity index (χ3v) is 2.06. The highest BCUT2D eigenvalue weighted by Crippen LogP contribution is 2.19. The lowest BCUT2D eigenvalue weighted by Gasteiger charge is -1.85. The Morgan fingerprint density at radius 2 is 2.43 bits per heavy atom. The van der Waals surface area contributed by atoms with Crippen LogP contribution in [0, 0.1) is 0 Å². The lowest BCUT2D eigenvalue weighted by Crippen LogP contribution is -1.75. The molecule has 0 aromatic heterocycles. The van der Waals surface area contributed by atoms with Crippen LogP contribution in [0.25, 0.3) is 0 Å². The molecule has 0 amide bonds. The molecule has 0 fully saturated rings. The average molecular weight is 138 g/mol. The molecule has 0 atom stereocenters. The van der Waals surface area contributed by atoms with Crippen LogP contribution < -0.4 is 0 Å². The maximum Gasteiger partial charge on any atom is 0.196 e. The average Bonchev–Trinajstić information content (AvgIpc) is 1.61. The highest BCUT2D eigenvalue weighted by atomic mass is 33.1. The lowest BCUT2D eigenvalue weighted by atomic mass is 10.9. The van der Waals surface area contributed by atoms with Crippen LogP contribution in [-0.4, -0.2) is 16.2 Å². The first-order chi connectivity index (χ1) is 3.27. The number of aliphatic hydroxyl groups is 1. The summed E-state index contributed by atoms with van der Waals surface area (Å²) in [4.78, 5) is 10.0. The summed E-state index contributed by atoms with van der Waals surface area (Å²) in [5.74, 6) is 0.00421. The molecular weight excluding hydrogens is 132 g/mol. The van der Waals surface area contributed by atoms with Crippen LogP contribution in [0.3, 0.4) is 0 Å². The van der Waals surface area contributed by atoms with Gasteiger partial charge < -0.3 is 5.11 Å². The van der Waals surface area contributed by atoms with E-state index in [2.05, 4.69) is 0 Å². The van der Waals surface area contributed by atoms with Gasteiger partial charge in [-0.3, -0.25) is 4.79 Å². The highest BCUT2D eigenvalue weighted by molar-refractivity contribution is 8.82. The number of rotatable bonds is 2. The second kappa shape index (κ2) is 4.49. The molecule has 0 bridgehead atoms. The second-order valence-electron chi connectivity index (χ2n) is 0.822. The Morgan fingerprint density at radius 3 is 2.57 bits per heavy atom. The summed E-state index contributed by atoms with van der Waals surface area (Å²) in [6.45, 7) is 1.47. The zero-order valence-corrected chi connectivity index (χ0v) is 5.51. The van der Waals surface area contributed by atoms with E-state index in [9.17, 15) is 4.79 Å². The van der Waals surface area contributed by atoms with Crippen LogP contribution in [0.1, 0.15) is 6.92 Å². The van der Waals surface area contributed by atoms with Gasteiger partial charge in [-0.1, -0.05) is 10.8 Å². The standard InChI is InChI=1S/C3H6O2S2/c1-3(5)7-6-2-4/h4H,2H2,1H3. The predicted molar refractivity (Wildman–Crippen MR) is 32.9 cm³/mol. The number of hydrogen-bond acceptors (Lipinski definition) is 4. The normalized spacial score (nSPS) is 8.86. The van der Waals surface area contributed by atoms with Crippen molar-refractivity contribution < 1.29 is 9.90 Å². The minimum Gasteiger partial charge on any atom is -0.385 e. The Hall–Kier alpha value is 0.330. The Balaban J connectivity index is 2.82. The maximum atomic E-state index is 10.0. The Morgan fingerprint density at radius 1 is 1.86 bits per heavy atom. The van der Waals surface area contributed by atoms with E-state index in [1.165, 1.54) is 6.92 Å². The van der Waals surface area contributed by atoms with E-state index in [4.69, 9.17) is 5.11 Å². The highest BCUT2D eigenvalue weighted by Gasteiger charge is 1.89. The molecule has 0 radical (unpaired) electrons. The van der Waals surface area contributed by atoms with Crippen molar-refractivity contribution in [2.75, 3.05) is 5.94 Å². The van der Waals surface area contributed by atoms with Crippen LogP contribution in [0.4, 0.5) is 0 Å². The van der Waals surface area contributed by atoms with E-state index in [1.54, 1.807) is 0 Å². The van der Waals surface area contributed by atoms with Crippen molar-refractivity contribution in [3.8, 4) is 0 Å². The number of carbonyl (C=O) groups is 1. The Kier molecular flexibility index (Phi) is 4.70. The van der Waals surface area contributed by atoms with E-state index in [-0.39, 0.29) is 11.1 Å². The zero-order chi connectivity index (χ0) is 5.70. The lowest BCUT2D eigenvalue weighted by molar-refractivity contribution is -0.109. The van der Waals surface area contributed by atoms with Gasteiger partial charge in [0.25, 0.3) is 0 Å². The molecule has 42 valence electrons. The van der Waals surface area contributed by atoms with E-state index in [1.807, 2.05) is 0 Å². The molecular formula is C3H6O2S2. The summed E-state index contributed by atoms with van der Waals surface area (Å²) in [5, 5.41) is 8.13. The monoisotopic (exact) mass is 138 g/mol. The number of carbonyl (C=O) groups excluding carboxylic acids is 1. The molecule has 0 aliphatic carbocycles. The first-order valence-corrected chi connectivity index (χ1v) is 4.00. The third kappa shape index (κ3) is 6.33. The van der Waals surface area contributed by atoms with Crippen LogP contribution >= 0.6 is 21.6 Å². The molecule has 0 aliphatic heterocycles. The fourth-order valence-corrected chi connectivity index (χ4v) is 0.984. The summed E-state index contributed by atoms with van der Waals surface area (Å²) in [5.41, 5.74) is 0. The number of aliphatic hydroxyl groups excluding tert-OH is 1. The molecule has 0 unspecified atom stereocenters. The SMILES string of the molecule is CC(=O)SSCO. The van der Waals surface area contributed by atoms with Gasteiger partial charge in [-0.05, 0) is 10.8 Å². The van der Waals surface area contributed by atoms with Gasteiger partial charge in [-0.25, -0.2) is 0 Å². The smallest absolute Gasteiger partial charge is 0.196 e. The van der Waals surface area contributed by atoms with Gasteiger partial charge in [0.05, 0.1) is 5.94 Å². The first kappa shape index (κ1) is 7.33. The molecule has 0 spiro atoms. The Labute approximate surface area is 50.1 Å². The van der Waals surface area contributed by atoms with E-state index in [0.29, 0.717) is 0 Å². The van der Waals surface area contributed by atoms with Crippen molar-refractivity contribution in [1.82, 2.24) is 0 Å². The third-order valence-electron chi connectivity index (χ3n) is 0.229. The molecule has 2 nitrogen and oxygen atoms in total. The molecule has 0 saturated heterocycles.